The number of hydrogen-bond acceptors (Lipinski definition) is 4. The van der Waals surface area contributed by atoms with E-state index in [-0.39, 0.29) is 11.9 Å². The normalized spacial score (nSPS) is 17.3. The van der Waals surface area contributed by atoms with Crippen molar-refractivity contribution in [2.24, 2.45) is 0 Å². The largest absolute Gasteiger partial charge is 0.483 e. The van der Waals surface area contributed by atoms with Crippen molar-refractivity contribution >= 4 is 5.78 Å². The Kier molecular flexibility index (Phi) is 6.35. The Hall–Kier alpha value is -2.92. The van der Waals surface area contributed by atoms with E-state index < -0.39 is 0 Å². The summed E-state index contributed by atoms with van der Waals surface area (Å²) in [6.07, 6.45) is 12.8. The first-order valence-corrected chi connectivity index (χ1v) is 11.7. The van der Waals surface area contributed by atoms with Crippen LogP contribution in [0, 0.1) is 0 Å². The number of ether oxygens (including phenoxy) is 2. The Balaban J connectivity index is 1.47. The zero-order valence-electron chi connectivity index (χ0n) is 18.4. The molecule has 2 aliphatic rings. The van der Waals surface area contributed by atoms with E-state index in [9.17, 15) is 4.79 Å². The molecule has 2 aliphatic carbocycles. The monoisotopic (exact) mass is 430 g/mol. The fourth-order valence-corrected chi connectivity index (χ4v) is 4.92. The van der Waals surface area contributed by atoms with Crippen molar-refractivity contribution in [1.29, 1.82) is 0 Å². The summed E-state index contributed by atoms with van der Waals surface area (Å²) in [5.74, 6) is 1.06. The third kappa shape index (κ3) is 4.63. The third-order valence-electron chi connectivity index (χ3n) is 6.66. The molecule has 0 radical (unpaired) electrons. The number of carbonyl (C=O) groups is 1. The molecule has 1 heterocycles. The highest BCUT2D eigenvalue weighted by Crippen LogP contribution is 2.35. The van der Waals surface area contributed by atoms with E-state index in [0.29, 0.717) is 25.7 Å². The summed E-state index contributed by atoms with van der Waals surface area (Å²) >= 11 is 0. The highest BCUT2D eigenvalue weighted by molar-refractivity contribution is 5.99. The van der Waals surface area contributed by atoms with Gasteiger partial charge >= 0.3 is 0 Å². The number of ketones is 1. The quantitative estimate of drug-likeness (QED) is 0.461. The fourth-order valence-electron chi connectivity index (χ4n) is 4.92. The second-order valence-electron chi connectivity index (χ2n) is 8.84. The van der Waals surface area contributed by atoms with Gasteiger partial charge in [-0.05, 0) is 48.9 Å². The van der Waals surface area contributed by atoms with Gasteiger partial charge in [0.2, 0.25) is 0 Å². The van der Waals surface area contributed by atoms with E-state index in [2.05, 4.69) is 17.1 Å². The first kappa shape index (κ1) is 21.0. The van der Waals surface area contributed by atoms with Crippen molar-refractivity contribution in [3.05, 3.63) is 83.4 Å². The Morgan fingerprint density at radius 3 is 2.66 bits per heavy atom. The van der Waals surface area contributed by atoms with E-state index in [1.165, 1.54) is 12.8 Å². The molecular formula is C27H30N2O3. The van der Waals surface area contributed by atoms with Gasteiger partial charge in [-0.1, -0.05) is 43.2 Å². The molecule has 5 heteroatoms. The molecule has 0 amide bonds. The molecule has 1 aromatic heterocycles. The van der Waals surface area contributed by atoms with Crippen LogP contribution in [-0.4, -0.2) is 21.4 Å². The van der Waals surface area contributed by atoms with Crippen LogP contribution in [0.25, 0.3) is 0 Å². The minimum atomic E-state index is -0.173. The number of benzene rings is 2. The lowest BCUT2D eigenvalue weighted by molar-refractivity contribution is 0.0427. The second-order valence-corrected chi connectivity index (χ2v) is 8.84. The lowest BCUT2D eigenvalue weighted by atomic mass is 9.87. The SMILES string of the molecule is O=C1CCCc2c1ccc(OC(Cn1ccnc1)c1ccccc1)c2COC1CCCC1. The summed E-state index contributed by atoms with van der Waals surface area (Å²) in [7, 11) is 0. The summed E-state index contributed by atoms with van der Waals surface area (Å²) in [5, 5.41) is 0. The molecule has 5 rings (SSSR count). The number of Topliss-reactive ketones (excluding diaryl/α,β-unsaturated/α-hetero) is 1. The molecule has 1 atom stereocenters. The van der Waals surface area contributed by atoms with Crippen molar-refractivity contribution in [3.8, 4) is 5.75 Å². The molecule has 0 spiro atoms. The summed E-state index contributed by atoms with van der Waals surface area (Å²) in [5.41, 5.74) is 4.12. The van der Waals surface area contributed by atoms with Crippen LogP contribution in [-0.2, 0) is 24.3 Å². The number of carbonyl (C=O) groups excluding carboxylic acids is 1. The van der Waals surface area contributed by atoms with Crippen molar-refractivity contribution in [3.63, 3.8) is 0 Å². The Labute approximate surface area is 189 Å². The van der Waals surface area contributed by atoms with Crippen LogP contribution < -0.4 is 4.74 Å². The van der Waals surface area contributed by atoms with Crippen molar-refractivity contribution < 1.29 is 14.3 Å². The second kappa shape index (κ2) is 9.70. The van der Waals surface area contributed by atoms with Crippen LogP contribution in [0.3, 0.4) is 0 Å². The molecular weight excluding hydrogens is 400 g/mol. The summed E-state index contributed by atoms with van der Waals surface area (Å²) in [4.78, 5) is 16.8. The van der Waals surface area contributed by atoms with Gasteiger partial charge in [0.1, 0.15) is 11.9 Å². The van der Waals surface area contributed by atoms with Crippen molar-refractivity contribution in [1.82, 2.24) is 9.55 Å². The maximum Gasteiger partial charge on any atom is 0.163 e. The van der Waals surface area contributed by atoms with Crippen molar-refractivity contribution in [2.75, 3.05) is 0 Å². The molecule has 2 aromatic carbocycles. The van der Waals surface area contributed by atoms with Crippen LogP contribution in [0.5, 0.6) is 5.75 Å². The maximum absolute atomic E-state index is 12.6. The summed E-state index contributed by atoms with van der Waals surface area (Å²) < 4.78 is 15.0. The Morgan fingerprint density at radius 2 is 1.88 bits per heavy atom. The molecule has 0 saturated heterocycles. The van der Waals surface area contributed by atoms with E-state index in [4.69, 9.17) is 9.47 Å². The predicted molar refractivity (Wildman–Crippen MR) is 123 cm³/mol. The Bertz CT molecular complexity index is 1040. The van der Waals surface area contributed by atoms with Crippen LogP contribution in [0.2, 0.25) is 0 Å². The number of imidazole rings is 1. The van der Waals surface area contributed by atoms with Gasteiger partial charge in [-0.25, -0.2) is 4.98 Å². The molecule has 3 aromatic rings. The molecule has 32 heavy (non-hydrogen) atoms. The minimum absolute atomic E-state index is 0.173. The third-order valence-corrected chi connectivity index (χ3v) is 6.66. The molecule has 5 nitrogen and oxygen atoms in total. The fraction of sp³-hybridized carbons (Fsp3) is 0.407. The van der Waals surface area contributed by atoms with Gasteiger partial charge in [0.05, 0.1) is 25.6 Å². The van der Waals surface area contributed by atoms with E-state index in [1.807, 2.05) is 47.4 Å². The van der Waals surface area contributed by atoms with E-state index >= 15 is 0 Å². The number of nitrogens with zero attached hydrogens (tertiary/aromatic N) is 2. The highest BCUT2D eigenvalue weighted by Gasteiger charge is 2.26. The lowest BCUT2D eigenvalue weighted by Crippen LogP contribution is -2.19. The van der Waals surface area contributed by atoms with Gasteiger partial charge in [0.25, 0.3) is 0 Å². The van der Waals surface area contributed by atoms with Crippen LogP contribution in [0.1, 0.15) is 71.7 Å². The average Bonchev–Trinajstić information content (AvgIpc) is 3.53. The number of aromatic nitrogens is 2. The number of hydrogen-bond donors (Lipinski definition) is 0. The molecule has 166 valence electrons. The van der Waals surface area contributed by atoms with Gasteiger partial charge in [-0.2, -0.15) is 0 Å². The van der Waals surface area contributed by atoms with Crippen LogP contribution in [0.4, 0.5) is 0 Å². The van der Waals surface area contributed by atoms with Gasteiger partial charge in [0.15, 0.2) is 5.78 Å². The Morgan fingerprint density at radius 1 is 1.03 bits per heavy atom. The first-order chi connectivity index (χ1) is 15.8. The van der Waals surface area contributed by atoms with Gasteiger partial charge in [0, 0.05) is 29.9 Å². The van der Waals surface area contributed by atoms with Gasteiger partial charge in [-0.15, -0.1) is 0 Å². The van der Waals surface area contributed by atoms with E-state index in [0.717, 1.165) is 53.7 Å². The van der Waals surface area contributed by atoms with Gasteiger partial charge < -0.3 is 14.0 Å². The summed E-state index contributed by atoms with van der Waals surface area (Å²) in [6, 6.07) is 14.2. The standard InChI is InChI=1S/C27H30N2O3/c30-25-12-6-11-22-23(25)13-14-26(24(22)18-31-21-9-4-5-10-21)32-27(17-29-16-15-28-19-29)20-7-2-1-3-8-20/h1-3,7-8,13-16,19,21,27H,4-6,9-12,17-18H2. The lowest BCUT2D eigenvalue weighted by Gasteiger charge is -2.26. The molecule has 0 N–H and O–H groups in total. The topological polar surface area (TPSA) is 53.4 Å². The zero-order chi connectivity index (χ0) is 21.8. The zero-order valence-corrected chi connectivity index (χ0v) is 18.4. The number of fused-ring (bicyclic) bond motifs is 1. The first-order valence-electron chi connectivity index (χ1n) is 11.7. The van der Waals surface area contributed by atoms with E-state index in [1.54, 1.807) is 6.20 Å². The molecule has 1 fully saturated rings. The predicted octanol–water partition coefficient (Wildman–Crippen LogP) is 5.68. The molecule has 0 bridgehead atoms. The average molecular weight is 431 g/mol. The highest BCUT2D eigenvalue weighted by atomic mass is 16.5. The molecule has 1 unspecified atom stereocenters. The molecule has 1 saturated carbocycles. The molecule has 0 aliphatic heterocycles. The smallest absolute Gasteiger partial charge is 0.163 e. The number of rotatable bonds is 8. The minimum Gasteiger partial charge on any atom is -0.483 e. The van der Waals surface area contributed by atoms with Crippen LogP contribution >= 0.6 is 0 Å². The van der Waals surface area contributed by atoms with Gasteiger partial charge in [-0.3, -0.25) is 4.79 Å². The van der Waals surface area contributed by atoms with Crippen LogP contribution in [0.15, 0.2) is 61.2 Å². The maximum atomic E-state index is 12.6. The summed E-state index contributed by atoms with van der Waals surface area (Å²) in [6.45, 7) is 1.16. The van der Waals surface area contributed by atoms with Crippen molar-refractivity contribution in [2.45, 2.75) is 70.3 Å².